The molecule has 7 nitrogen and oxygen atoms in total. The highest BCUT2D eigenvalue weighted by Crippen LogP contribution is 2.57. The molecule has 3 fully saturated rings. The standard InChI is InChI=1S/C20H24N4O3/c21-10-20-6-14(20)9-23(11-20)7-12-1-2-13-8-24(19(27)15(13)5-12)16-3-4-17(25)22-18(16)26/h1-2,5,14,16H,3-4,6-11,21H2,(H,22,25,26)/t14-,16?,20-/m0/s1. The van der Waals surface area contributed by atoms with Crippen molar-refractivity contribution in [3.63, 3.8) is 0 Å². The number of carbonyl (C=O) groups excluding carboxylic acids is 3. The van der Waals surface area contributed by atoms with Gasteiger partial charge in [0.05, 0.1) is 0 Å². The van der Waals surface area contributed by atoms with Crippen molar-refractivity contribution < 1.29 is 14.4 Å². The molecule has 7 heteroatoms. The number of rotatable bonds is 4. The van der Waals surface area contributed by atoms with Crippen LogP contribution in [0.2, 0.25) is 0 Å². The second kappa shape index (κ2) is 5.87. The van der Waals surface area contributed by atoms with Crippen LogP contribution in [0.3, 0.4) is 0 Å². The number of benzene rings is 1. The highest BCUT2D eigenvalue weighted by Gasteiger charge is 2.58. The molecule has 1 aromatic rings. The maximum atomic E-state index is 12.9. The normalized spacial score (nSPS) is 32.5. The quantitative estimate of drug-likeness (QED) is 0.742. The molecular weight excluding hydrogens is 344 g/mol. The summed E-state index contributed by atoms with van der Waals surface area (Å²) in [6.45, 7) is 4.16. The summed E-state index contributed by atoms with van der Waals surface area (Å²) >= 11 is 0. The lowest BCUT2D eigenvalue weighted by Gasteiger charge is -2.29. The van der Waals surface area contributed by atoms with Crippen LogP contribution in [-0.4, -0.2) is 53.2 Å². The summed E-state index contributed by atoms with van der Waals surface area (Å²) in [6, 6.07) is 5.51. The molecule has 3 aliphatic heterocycles. The lowest BCUT2D eigenvalue weighted by atomic mass is 10.0. The summed E-state index contributed by atoms with van der Waals surface area (Å²) in [7, 11) is 0. The lowest BCUT2D eigenvalue weighted by molar-refractivity contribution is -0.136. The first kappa shape index (κ1) is 16.9. The van der Waals surface area contributed by atoms with Gasteiger partial charge >= 0.3 is 0 Å². The van der Waals surface area contributed by atoms with Crippen LogP contribution in [0, 0.1) is 11.3 Å². The molecule has 0 aromatic heterocycles. The zero-order valence-corrected chi connectivity index (χ0v) is 15.2. The van der Waals surface area contributed by atoms with Crippen molar-refractivity contribution >= 4 is 17.7 Å². The fourth-order valence-electron chi connectivity index (χ4n) is 5.10. The first-order valence-corrected chi connectivity index (χ1v) is 9.68. The Bertz CT molecular complexity index is 850. The van der Waals surface area contributed by atoms with Crippen LogP contribution in [-0.2, 0) is 22.7 Å². The first-order valence-electron chi connectivity index (χ1n) is 9.68. The maximum Gasteiger partial charge on any atom is 0.255 e. The number of nitrogens with one attached hydrogen (secondary N) is 1. The predicted octanol–water partition coefficient (Wildman–Crippen LogP) is 0.228. The molecule has 1 saturated carbocycles. The maximum absolute atomic E-state index is 12.9. The van der Waals surface area contributed by atoms with Gasteiger partial charge in [0.2, 0.25) is 11.8 Å². The van der Waals surface area contributed by atoms with E-state index in [9.17, 15) is 14.4 Å². The zero-order valence-electron chi connectivity index (χ0n) is 15.2. The molecule has 142 valence electrons. The minimum absolute atomic E-state index is 0.107. The van der Waals surface area contributed by atoms with Crippen molar-refractivity contribution in [2.24, 2.45) is 17.1 Å². The van der Waals surface area contributed by atoms with Crippen LogP contribution in [0.4, 0.5) is 0 Å². The van der Waals surface area contributed by atoms with Gasteiger partial charge in [0.25, 0.3) is 5.91 Å². The van der Waals surface area contributed by atoms with Gasteiger partial charge in [-0.25, -0.2) is 0 Å². The molecule has 4 aliphatic rings. The van der Waals surface area contributed by atoms with Gasteiger partial charge in [-0.2, -0.15) is 0 Å². The van der Waals surface area contributed by atoms with E-state index in [0.717, 1.165) is 43.2 Å². The topological polar surface area (TPSA) is 95.7 Å². The molecule has 0 radical (unpaired) electrons. The Hall–Kier alpha value is -2.25. The van der Waals surface area contributed by atoms with Crippen LogP contribution in [0.1, 0.15) is 40.7 Å². The van der Waals surface area contributed by atoms with Gasteiger partial charge in [-0.1, -0.05) is 12.1 Å². The Labute approximate surface area is 157 Å². The molecule has 3 heterocycles. The molecule has 1 aromatic carbocycles. The second-order valence-electron chi connectivity index (χ2n) is 8.53. The number of imide groups is 1. The van der Waals surface area contributed by atoms with Gasteiger partial charge in [-0.05, 0) is 47.9 Å². The van der Waals surface area contributed by atoms with E-state index in [-0.39, 0.29) is 24.1 Å². The fourth-order valence-corrected chi connectivity index (χ4v) is 5.10. The van der Waals surface area contributed by atoms with Gasteiger partial charge in [-0.15, -0.1) is 0 Å². The average molecular weight is 368 g/mol. The first-order chi connectivity index (χ1) is 13.0. The van der Waals surface area contributed by atoms with Gasteiger partial charge < -0.3 is 10.6 Å². The van der Waals surface area contributed by atoms with Crippen molar-refractivity contribution in [1.29, 1.82) is 0 Å². The lowest BCUT2D eigenvalue weighted by Crippen LogP contribution is -2.52. The Morgan fingerprint density at radius 3 is 2.85 bits per heavy atom. The molecule has 5 rings (SSSR count). The average Bonchev–Trinajstić information content (AvgIpc) is 3.06. The number of piperidine rings is 2. The second-order valence-corrected chi connectivity index (χ2v) is 8.53. The summed E-state index contributed by atoms with van der Waals surface area (Å²) < 4.78 is 0. The van der Waals surface area contributed by atoms with Crippen molar-refractivity contribution in [3.8, 4) is 0 Å². The summed E-state index contributed by atoms with van der Waals surface area (Å²) in [6.07, 6.45) is 1.93. The van der Waals surface area contributed by atoms with E-state index >= 15 is 0 Å². The van der Waals surface area contributed by atoms with E-state index < -0.39 is 6.04 Å². The monoisotopic (exact) mass is 368 g/mol. The van der Waals surface area contributed by atoms with Gasteiger partial charge in [0.15, 0.2) is 0 Å². The summed E-state index contributed by atoms with van der Waals surface area (Å²) in [5, 5.41) is 2.34. The Balaban J connectivity index is 1.30. The summed E-state index contributed by atoms with van der Waals surface area (Å²) in [4.78, 5) is 40.4. The van der Waals surface area contributed by atoms with Crippen molar-refractivity contribution in [2.45, 2.75) is 38.4 Å². The van der Waals surface area contributed by atoms with Crippen LogP contribution < -0.4 is 11.1 Å². The largest absolute Gasteiger partial charge is 0.330 e. The highest BCUT2D eigenvalue weighted by atomic mass is 16.2. The molecule has 1 aliphatic carbocycles. The van der Waals surface area contributed by atoms with E-state index in [2.05, 4.69) is 16.3 Å². The number of hydrogen-bond donors (Lipinski definition) is 2. The van der Waals surface area contributed by atoms with Crippen LogP contribution in [0.5, 0.6) is 0 Å². The van der Waals surface area contributed by atoms with Crippen LogP contribution >= 0.6 is 0 Å². The summed E-state index contributed by atoms with van der Waals surface area (Å²) in [5.74, 6) is 0.00300. The van der Waals surface area contributed by atoms with Crippen molar-refractivity contribution in [2.75, 3.05) is 19.6 Å². The smallest absolute Gasteiger partial charge is 0.255 e. The van der Waals surface area contributed by atoms with E-state index in [0.29, 0.717) is 23.9 Å². The number of nitrogens with two attached hydrogens (primary N) is 1. The number of nitrogens with zero attached hydrogens (tertiary/aromatic N) is 2. The Morgan fingerprint density at radius 2 is 2.11 bits per heavy atom. The molecule has 0 bridgehead atoms. The zero-order chi connectivity index (χ0) is 18.8. The number of hydrogen-bond acceptors (Lipinski definition) is 5. The van der Waals surface area contributed by atoms with Crippen LogP contribution in [0.15, 0.2) is 18.2 Å². The predicted molar refractivity (Wildman–Crippen MR) is 97.4 cm³/mol. The number of carbonyl (C=O) groups is 3. The molecule has 3 amide bonds. The molecule has 27 heavy (non-hydrogen) atoms. The fraction of sp³-hybridized carbons (Fsp3) is 0.550. The molecule has 3 atom stereocenters. The van der Waals surface area contributed by atoms with Gasteiger partial charge in [0.1, 0.15) is 6.04 Å². The number of likely N-dealkylation sites (tertiary alicyclic amines) is 1. The number of amides is 3. The van der Waals surface area contributed by atoms with E-state index in [4.69, 9.17) is 5.73 Å². The molecule has 0 spiro atoms. The minimum atomic E-state index is -0.554. The Morgan fingerprint density at radius 1 is 1.26 bits per heavy atom. The third-order valence-electron chi connectivity index (χ3n) is 6.78. The van der Waals surface area contributed by atoms with Crippen molar-refractivity contribution in [3.05, 3.63) is 34.9 Å². The molecule has 2 saturated heterocycles. The molecule has 1 unspecified atom stereocenters. The van der Waals surface area contributed by atoms with E-state index in [1.165, 1.54) is 6.42 Å². The molecule has 3 N–H and O–H groups in total. The summed E-state index contributed by atoms with van der Waals surface area (Å²) in [5.41, 5.74) is 9.05. The number of fused-ring (bicyclic) bond motifs is 2. The third kappa shape index (κ3) is 2.68. The SMILES string of the molecule is NC[C@]12C[C@H]1CN(Cc1ccc3c(c1)C(=O)N(C1CCC(=O)NC1=O)C3)C2. The van der Waals surface area contributed by atoms with Gasteiger partial charge in [0, 0.05) is 38.2 Å². The van der Waals surface area contributed by atoms with Crippen LogP contribution in [0.25, 0.3) is 0 Å². The third-order valence-corrected chi connectivity index (χ3v) is 6.78. The molecular formula is C20H24N4O3. The van der Waals surface area contributed by atoms with E-state index in [1.807, 2.05) is 12.1 Å². The van der Waals surface area contributed by atoms with E-state index in [1.54, 1.807) is 4.90 Å². The minimum Gasteiger partial charge on any atom is -0.330 e. The van der Waals surface area contributed by atoms with Gasteiger partial charge in [-0.3, -0.25) is 24.6 Å². The Kier molecular flexibility index (Phi) is 3.67. The highest BCUT2D eigenvalue weighted by molar-refractivity contribution is 6.05. The van der Waals surface area contributed by atoms with Crippen molar-refractivity contribution in [1.82, 2.24) is 15.1 Å².